The van der Waals surface area contributed by atoms with Crippen LogP contribution in [0.25, 0.3) is 0 Å². The largest absolute Gasteiger partial charge is 0.293 e. The fraction of sp³-hybridized carbons (Fsp3) is 0.545. The molecule has 1 unspecified atom stereocenters. The summed E-state index contributed by atoms with van der Waals surface area (Å²) in [6.45, 7) is 4.25. The van der Waals surface area contributed by atoms with E-state index in [1.54, 1.807) is 6.07 Å². The van der Waals surface area contributed by atoms with E-state index < -0.39 is 0 Å². The predicted octanol–water partition coefficient (Wildman–Crippen LogP) is 4.41. The normalized spacial score (nSPS) is 12.8. The first-order chi connectivity index (χ1) is 6.65. The second-order valence-electron chi connectivity index (χ2n) is 3.62. The fourth-order valence-electron chi connectivity index (χ4n) is 1.50. The van der Waals surface area contributed by atoms with E-state index in [0.717, 1.165) is 17.7 Å². The molecule has 14 heavy (non-hydrogen) atoms. The lowest BCUT2D eigenvalue weighted by Crippen LogP contribution is -2.04. The van der Waals surface area contributed by atoms with Gasteiger partial charge in [-0.25, -0.2) is 0 Å². The van der Waals surface area contributed by atoms with Crippen molar-refractivity contribution in [1.29, 1.82) is 0 Å². The second kappa shape index (κ2) is 5.52. The summed E-state index contributed by atoms with van der Waals surface area (Å²) in [6.07, 6.45) is 2.86. The van der Waals surface area contributed by atoms with Crippen LogP contribution in [0.3, 0.4) is 0 Å². The third kappa shape index (κ3) is 3.10. The maximum Gasteiger partial charge on any atom is 0.174 e. The van der Waals surface area contributed by atoms with Crippen molar-refractivity contribution in [3.05, 3.63) is 21.3 Å². The Kier molecular flexibility index (Phi) is 4.63. The molecule has 0 amide bonds. The van der Waals surface area contributed by atoms with Gasteiger partial charge < -0.3 is 0 Å². The van der Waals surface area contributed by atoms with Crippen molar-refractivity contribution in [2.45, 2.75) is 33.1 Å². The van der Waals surface area contributed by atoms with E-state index in [9.17, 15) is 4.79 Å². The number of hydrogen-bond donors (Lipinski definition) is 0. The van der Waals surface area contributed by atoms with Crippen LogP contribution >= 0.6 is 22.9 Å². The molecule has 1 aromatic rings. The molecule has 0 fully saturated rings. The molecule has 0 radical (unpaired) electrons. The molecule has 78 valence electrons. The van der Waals surface area contributed by atoms with E-state index in [2.05, 4.69) is 13.8 Å². The Morgan fingerprint density at radius 1 is 1.64 bits per heavy atom. The van der Waals surface area contributed by atoms with Gasteiger partial charge in [0.2, 0.25) is 0 Å². The topological polar surface area (TPSA) is 17.1 Å². The van der Waals surface area contributed by atoms with Crippen LogP contribution < -0.4 is 0 Å². The third-order valence-electron chi connectivity index (χ3n) is 2.19. The summed E-state index contributed by atoms with van der Waals surface area (Å²) in [5, 5.41) is 2.46. The zero-order chi connectivity index (χ0) is 10.6. The van der Waals surface area contributed by atoms with Gasteiger partial charge in [0, 0.05) is 6.42 Å². The average Bonchev–Trinajstić information content (AvgIpc) is 2.51. The lowest BCUT2D eigenvalue weighted by atomic mass is 9.99. The number of hydrogen-bond acceptors (Lipinski definition) is 2. The molecule has 3 heteroatoms. The molecule has 0 aliphatic rings. The molecule has 0 N–H and O–H groups in total. The molecule has 1 nitrogen and oxygen atoms in total. The van der Waals surface area contributed by atoms with E-state index in [4.69, 9.17) is 11.6 Å². The van der Waals surface area contributed by atoms with E-state index >= 15 is 0 Å². The summed E-state index contributed by atoms with van der Waals surface area (Å²) in [5.41, 5.74) is 0. The molecule has 0 spiro atoms. The molecule has 0 aliphatic carbocycles. The molecule has 0 bridgehead atoms. The van der Waals surface area contributed by atoms with Gasteiger partial charge in [-0.3, -0.25) is 4.79 Å². The number of carbonyl (C=O) groups is 1. The zero-order valence-corrected chi connectivity index (χ0v) is 10.1. The third-order valence-corrected chi connectivity index (χ3v) is 3.57. The van der Waals surface area contributed by atoms with Crippen LogP contribution in [-0.4, -0.2) is 5.78 Å². The number of halogens is 1. The van der Waals surface area contributed by atoms with Crippen molar-refractivity contribution in [3.63, 3.8) is 0 Å². The molecular formula is C11H15ClOS. The summed E-state index contributed by atoms with van der Waals surface area (Å²) < 4.78 is 0. The Bertz CT molecular complexity index is 306. The molecule has 1 heterocycles. The molecule has 0 saturated heterocycles. The first-order valence-electron chi connectivity index (χ1n) is 4.91. The lowest BCUT2D eigenvalue weighted by Gasteiger charge is -2.07. The van der Waals surface area contributed by atoms with Crippen LogP contribution in [0, 0.1) is 5.92 Å². The van der Waals surface area contributed by atoms with E-state index in [1.807, 2.05) is 5.38 Å². The van der Waals surface area contributed by atoms with Crippen molar-refractivity contribution in [2.75, 3.05) is 0 Å². The fourth-order valence-corrected chi connectivity index (χ4v) is 2.61. The molecule has 0 aliphatic heterocycles. The van der Waals surface area contributed by atoms with E-state index in [0.29, 0.717) is 17.4 Å². The van der Waals surface area contributed by atoms with Gasteiger partial charge in [-0.05, 0) is 17.4 Å². The maximum atomic E-state index is 11.7. The van der Waals surface area contributed by atoms with Gasteiger partial charge in [-0.15, -0.1) is 11.3 Å². The van der Waals surface area contributed by atoms with Crippen LogP contribution in [-0.2, 0) is 0 Å². The highest BCUT2D eigenvalue weighted by Gasteiger charge is 2.14. The number of thiophene rings is 1. The summed E-state index contributed by atoms with van der Waals surface area (Å²) in [7, 11) is 0. The number of carbonyl (C=O) groups excluding carboxylic acids is 1. The van der Waals surface area contributed by atoms with Gasteiger partial charge in [0.05, 0.1) is 9.90 Å². The van der Waals surface area contributed by atoms with Crippen molar-refractivity contribution in [2.24, 2.45) is 5.92 Å². The summed E-state index contributed by atoms with van der Waals surface area (Å²) in [5.74, 6) is 0.650. The van der Waals surface area contributed by atoms with Crippen LogP contribution in [0.1, 0.15) is 42.8 Å². The Labute approximate surface area is 94.1 Å². The second-order valence-corrected chi connectivity index (χ2v) is 4.94. The predicted molar refractivity (Wildman–Crippen MR) is 62.3 cm³/mol. The Balaban J connectivity index is 2.55. The minimum atomic E-state index is 0.186. The smallest absolute Gasteiger partial charge is 0.174 e. The minimum Gasteiger partial charge on any atom is -0.293 e. The summed E-state index contributed by atoms with van der Waals surface area (Å²) >= 11 is 7.32. The zero-order valence-electron chi connectivity index (χ0n) is 8.55. The van der Waals surface area contributed by atoms with Gasteiger partial charge >= 0.3 is 0 Å². The number of rotatable bonds is 5. The maximum absolute atomic E-state index is 11.7. The Morgan fingerprint density at radius 3 is 2.86 bits per heavy atom. The lowest BCUT2D eigenvalue weighted by molar-refractivity contribution is 0.0967. The van der Waals surface area contributed by atoms with Crippen LogP contribution in [0.15, 0.2) is 11.4 Å². The molecule has 1 atom stereocenters. The van der Waals surface area contributed by atoms with Crippen LogP contribution in [0.4, 0.5) is 0 Å². The van der Waals surface area contributed by atoms with E-state index in [-0.39, 0.29) is 5.78 Å². The van der Waals surface area contributed by atoms with Crippen molar-refractivity contribution in [1.82, 2.24) is 0 Å². The molecule has 1 rings (SSSR count). The summed E-state index contributed by atoms with van der Waals surface area (Å²) in [4.78, 5) is 12.5. The molecular weight excluding hydrogens is 216 g/mol. The van der Waals surface area contributed by atoms with Crippen LogP contribution in [0.5, 0.6) is 0 Å². The van der Waals surface area contributed by atoms with Gasteiger partial charge in [0.15, 0.2) is 5.78 Å². The quantitative estimate of drug-likeness (QED) is 0.685. The van der Waals surface area contributed by atoms with Gasteiger partial charge in [-0.1, -0.05) is 38.3 Å². The van der Waals surface area contributed by atoms with Crippen LogP contribution in [0.2, 0.25) is 5.02 Å². The van der Waals surface area contributed by atoms with Crippen molar-refractivity contribution in [3.8, 4) is 0 Å². The Hall–Kier alpha value is -0.340. The van der Waals surface area contributed by atoms with Crippen molar-refractivity contribution >= 4 is 28.7 Å². The molecule has 1 aromatic heterocycles. The number of Topliss-reactive ketones (excluding diaryl/α,β-unsaturated/α-hetero) is 1. The average molecular weight is 231 g/mol. The van der Waals surface area contributed by atoms with Crippen molar-refractivity contribution < 1.29 is 4.79 Å². The minimum absolute atomic E-state index is 0.186. The van der Waals surface area contributed by atoms with E-state index in [1.165, 1.54) is 11.3 Å². The molecule has 0 saturated carbocycles. The highest BCUT2D eigenvalue weighted by molar-refractivity contribution is 7.12. The highest BCUT2D eigenvalue weighted by Crippen LogP contribution is 2.25. The van der Waals surface area contributed by atoms with Gasteiger partial charge in [0.25, 0.3) is 0 Å². The van der Waals surface area contributed by atoms with Gasteiger partial charge in [0.1, 0.15) is 0 Å². The first kappa shape index (κ1) is 11.7. The number of ketones is 1. The monoisotopic (exact) mass is 230 g/mol. The van der Waals surface area contributed by atoms with Gasteiger partial charge in [-0.2, -0.15) is 0 Å². The SMILES string of the molecule is CCCC(C)CC(=O)c1sccc1Cl. The highest BCUT2D eigenvalue weighted by atomic mass is 35.5. The first-order valence-corrected chi connectivity index (χ1v) is 6.17. The standard InChI is InChI=1S/C11H15ClOS/c1-3-4-8(2)7-10(13)11-9(12)5-6-14-11/h5-6,8H,3-4,7H2,1-2H3. The molecule has 0 aromatic carbocycles. The Morgan fingerprint density at radius 2 is 2.36 bits per heavy atom. The summed E-state index contributed by atoms with van der Waals surface area (Å²) in [6, 6.07) is 1.78.